The zero-order chi connectivity index (χ0) is 14.8. The van der Waals surface area contributed by atoms with Crippen LogP contribution in [0.1, 0.15) is 49.9 Å². The van der Waals surface area contributed by atoms with Crippen LogP contribution in [0.25, 0.3) is 0 Å². The average molecular weight is 262 g/mol. The number of rotatable bonds is 5. The van der Waals surface area contributed by atoms with Crippen LogP contribution < -0.4 is 11.1 Å². The highest BCUT2D eigenvalue weighted by Gasteiger charge is 2.26. The zero-order valence-electron chi connectivity index (χ0n) is 13.6. The van der Waals surface area contributed by atoms with Crippen LogP contribution in [0.2, 0.25) is 0 Å². The van der Waals surface area contributed by atoms with Crippen molar-refractivity contribution >= 4 is 0 Å². The van der Waals surface area contributed by atoms with E-state index in [1.807, 2.05) is 0 Å². The molecule has 1 rings (SSSR count). The quantitative estimate of drug-likeness (QED) is 0.855. The largest absolute Gasteiger partial charge is 0.329 e. The van der Waals surface area contributed by atoms with Crippen LogP contribution in [-0.2, 0) is 5.41 Å². The lowest BCUT2D eigenvalue weighted by Crippen LogP contribution is -2.50. The van der Waals surface area contributed by atoms with Gasteiger partial charge in [0, 0.05) is 24.0 Å². The standard InChI is InChI=1S/C17H30N2/c1-12-8-9-15(14(3)13(12)2)16(4,5)11-19-17(6,7)10-18/h8-9,19H,10-11,18H2,1-7H3. The Balaban J connectivity index is 2.98. The SMILES string of the molecule is Cc1ccc(C(C)(C)CNC(C)(C)CN)c(C)c1C. The highest BCUT2D eigenvalue weighted by molar-refractivity contribution is 5.42. The van der Waals surface area contributed by atoms with Crippen molar-refractivity contribution in [3.05, 3.63) is 34.4 Å². The summed E-state index contributed by atoms with van der Waals surface area (Å²) in [6.45, 7) is 17.1. The molecule has 19 heavy (non-hydrogen) atoms. The molecular weight excluding hydrogens is 232 g/mol. The lowest BCUT2D eigenvalue weighted by molar-refractivity contribution is 0.346. The van der Waals surface area contributed by atoms with Crippen molar-refractivity contribution in [3.8, 4) is 0 Å². The molecule has 0 aliphatic rings. The summed E-state index contributed by atoms with van der Waals surface area (Å²) in [4.78, 5) is 0. The van der Waals surface area contributed by atoms with Crippen molar-refractivity contribution in [2.75, 3.05) is 13.1 Å². The van der Waals surface area contributed by atoms with Crippen molar-refractivity contribution in [2.45, 2.75) is 59.4 Å². The first kappa shape index (κ1) is 16.2. The van der Waals surface area contributed by atoms with Gasteiger partial charge in [0.1, 0.15) is 0 Å². The normalized spacial score (nSPS) is 12.8. The number of hydrogen-bond donors (Lipinski definition) is 2. The molecule has 0 saturated carbocycles. The predicted octanol–water partition coefficient (Wildman–Crippen LogP) is 3.22. The number of benzene rings is 1. The van der Waals surface area contributed by atoms with Gasteiger partial charge in [-0.05, 0) is 56.9 Å². The van der Waals surface area contributed by atoms with Gasteiger partial charge in [-0.3, -0.25) is 0 Å². The molecule has 0 radical (unpaired) electrons. The first-order valence-electron chi connectivity index (χ1n) is 7.13. The Labute approximate surface area is 118 Å². The summed E-state index contributed by atoms with van der Waals surface area (Å²) in [5.41, 5.74) is 11.5. The Morgan fingerprint density at radius 3 is 2.11 bits per heavy atom. The molecule has 108 valence electrons. The molecule has 2 heteroatoms. The van der Waals surface area contributed by atoms with Gasteiger partial charge in [0.25, 0.3) is 0 Å². The maximum absolute atomic E-state index is 5.79. The summed E-state index contributed by atoms with van der Waals surface area (Å²) in [5.74, 6) is 0. The Morgan fingerprint density at radius 1 is 1.00 bits per heavy atom. The maximum Gasteiger partial charge on any atom is 0.0247 e. The van der Waals surface area contributed by atoms with Crippen LogP contribution in [0.5, 0.6) is 0 Å². The Hall–Kier alpha value is -0.860. The number of nitrogens with two attached hydrogens (primary N) is 1. The fourth-order valence-corrected chi connectivity index (χ4v) is 2.32. The van der Waals surface area contributed by atoms with Crippen LogP contribution in [0.15, 0.2) is 12.1 Å². The highest BCUT2D eigenvalue weighted by atomic mass is 15.0. The molecule has 0 spiro atoms. The fraction of sp³-hybridized carbons (Fsp3) is 0.647. The van der Waals surface area contributed by atoms with Crippen LogP contribution in [-0.4, -0.2) is 18.6 Å². The van der Waals surface area contributed by atoms with Gasteiger partial charge in [0.05, 0.1) is 0 Å². The first-order chi connectivity index (χ1) is 8.60. The summed E-state index contributed by atoms with van der Waals surface area (Å²) in [5, 5.41) is 3.58. The third-order valence-electron chi connectivity index (χ3n) is 4.31. The second kappa shape index (κ2) is 5.64. The Kier molecular flexibility index (Phi) is 4.81. The zero-order valence-corrected chi connectivity index (χ0v) is 13.6. The molecule has 0 aliphatic heterocycles. The molecule has 0 aromatic heterocycles. The maximum atomic E-state index is 5.79. The average Bonchev–Trinajstić information content (AvgIpc) is 2.34. The van der Waals surface area contributed by atoms with E-state index in [0.717, 1.165) is 6.54 Å². The van der Waals surface area contributed by atoms with Gasteiger partial charge >= 0.3 is 0 Å². The van der Waals surface area contributed by atoms with Gasteiger partial charge < -0.3 is 11.1 Å². The molecule has 0 bridgehead atoms. The van der Waals surface area contributed by atoms with Gasteiger partial charge in [-0.2, -0.15) is 0 Å². The summed E-state index contributed by atoms with van der Waals surface area (Å²) >= 11 is 0. The van der Waals surface area contributed by atoms with Crippen LogP contribution in [0, 0.1) is 20.8 Å². The van der Waals surface area contributed by atoms with Crippen LogP contribution in [0.3, 0.4) is 0 Å². The summed E-state index contributed by atoms with van der Waals surface area (Å²) in [6.07, 6.45) is 0. The molecule has 3 N–H and O–H groups in total. The van der Waals surface area contributed by atoms with E-state index in [1.165, 1.54) is 22.3 Å². The van der Waals surface area contributed by atoms with E-state index in [9.17, 15) is 0 Å². The molecule has 1 aromatic carbocycles. The van der Waals surface area contributed by atoms with Crippen LogP contribution >= 0.6 is 0 Å². The highest BCUT2D eigenvalue weighted by Crippen LogP contribution is 2.29. The van der Waals surface area contributed by atoms with Crippen LogP contribution in [0.4, 0.5) is 0 Å². The molecule has 0 fully saturated rings. The van der Waals surface area contributed by atoms with E-state index in [-0.39, 0.29) is 11.0 Å². The minimum Gasteiger partial charge on any atom is -0.329 e. The third kappa shape index (κ3) is 3.80. The van der Waals surface area contributed by atoms with Gasteiger partial charge in [0.15, 0.2) is 0 Å². The molecule has 2 nitrogen and oxygen atoms in total. The lowest BCUT2D eigenvalue weighted by Gasteiger charge is -2.34. The fourth-order valence-electron chi connectivity index (χ4n) is 2.32. The number of hydrogen-bond acceptors (Lipinski definition) is 2. The monoisotopic (exact) mass is 262 g/mol. The van der Waals surface area contributed by atoms with Crippen molar-refractivity contribution in [3.63, 3.8) is 0 Å². The van der Waals surface area contributed by atoms with Gasteiger partial charge in [0.2, 0.25) is 0 Å². The van der Waals surface area contributed by atoms with E-state index in [2.05, 4.69) is 65.9 Å². The molecule has 0 heterocycles. The molecular formula is C17H30N2. The minimum atomic E-state index is -0.00901. The first-order valence-corrected chi connectivity index (χ1v) is 7.13. The molecule has 1 aromatic rings. The number of nitrogens with one attached hydrogen (secondary N) is 1. The summed E-state index contributed by atoms with van der Waals surface area (Å²) in [7, 11) is 0. The second-order valence-electron chi connectivity index (χ2n) is 7.01. The molecule has 0 unspecified atom stereocenters. The van der Waals surface area contributed by atoms with Gasteiger partial charge in [-0.25, -0.2) is 0 Å². The topological polar surface area (TPSA) is 38.0 Å². The lowest BCUT2D eigenvalue weighted by atomic mass is 9.79. The molecule has 0 saturated heterocycles. The smallest absolute Gasteiger partial charge is 0.0247 e. The van der Waals surface area contributed by atoms with Gasteiger partial charge in [-0.15, -0.1) is 0 Å². The summed E-state index contributed by atoms with van der Waals surface area (Å²) in [6, 6.07) is 4.50. The van der Waals surface area contributed by atoms with E-state index >= 15 is 0 Å². The Bertz CT molecular complexity index is 445. The molecule has 0 aliphatic carbocycles. The molecule has 0 atom stereocenters. The van der Waals surface area contributed by atoms with Crippen molar-refractivity contribution in [1.82, 2.24) is 5.32 Å². The predicted molar refractivity (Wildman–Crippen MR) is 84.8 cm³/mol. The van der Waals surface area contributed by atoms with Crippen molar-refractivity contribution < 1.29 is 0 Å². The summed E-state index contributed by atoms with van der Waals surface area (Å²) < 4.78 is 0. The van der Waals surface area contributed by atoms with Crippen molar-refractivity contribution in [2.24, 2.45) is 5.73 Å². The number of aryl methyl sites for hydroxylation is 1. The van der Waals surface area contributed by atoms with E-state index < -0.39 is 0 Å². The molecule has 0 amide bonds. The van der Waals surface area contributed by atoms with E-state index in [1.54, 1.807) is 0 Å². The second-order valence-corrected chi connectivity index (χ2v) is 7.01. The van der Waals surface area contributed by atoms with E-state index in [0.29, 0.717) is 6.54 Å². The Morgan fingerprint density at radius 2 is 1.58 bits per heavy atom. The van der Waals surface area contributed by atoms with Gasteiger partial charge in [-0.1, -0.05) is 26.0 Å². The minimum absolute atomic E-state index is 0.00901. The van der Waals surface area contributed by atoms with E-state index in [4.69, 9.17) is 5.73 Å². The third-order valence-corrected chi connectivity index (χ3v) is 4.31. The van der Waals surface area contributed by atoms with Crippen molar-refractivity contribution in [1.29, 1.82) is 0 Å².